The van der Waals surface area contributed by atoms with E-state index in [1.807, 2.05) is 12.1 Å². The number of nitrogens with zero attached hydrogens (tertiary/aromatic N) is 1. The molecule has 4 nitrogen and oxygen atoms in total. The van der Waals surface area contributed by atoms with E-state index in [-0.39, 0.29) is 17.8 Å². The van der Waals surface area contributed by atoms with Crippen LogP contribution in [0.25, 0.3) is 6.08 Å². The van der Waals surface area contributed by atoms with E-state index in [2.05, 4.69) is 28.5 Å². The molecule has 0 radical (unpaired) electrons. The molecule has 0 aromatic heterocycles. The van der Waals surface area contributed by atoms with Crippen molar-refractivity contribution in [1.82, 2.24) is 0 Å². The van der Waals surface area contributed by atoms with E-state index in [1.54, 1.807) is 36.4 Å². The molecule has 1 saturated heterocycles. The average molecular weight is 496 g/mol. The monoisotopic (exact) mass is 495 g/mol. The quantitative estimate of drug-likeness (QED) is 0.332. The van der Waals surface area contributed by atoms with Gasteiger partial charge in [0.2, 0.25) is 0 Å². The van der Waals surface area contributed by atoms with Crippen LogP contribution < -0.4 is 9.64 Å². The van der Waals surface area contributed by atoms with Crippen LogP contribution in [0.5, 0.6) is 5.75 Å². The second-order valence-electron chi connectivity index (χ2n) is 5.18. The standard InChI is InChI=1S/C19H11ClINO3S/c1-2-9-25-16-8-3-12(10-15(16)21)11-17-18(23)22(19(24)26-17)14-6-4-13(20)5-7-14/h1,3-8,10-11H,9H2/b17-11+. The molecule has 130 valence electrons. The predicted octanol–water partition coefficient (Wildman–Crippen LogP) is 5.20. The van der Waals surface area contributed by atoms with Crippen LogP contribution in [0.2, 0.25) is 5.02 Å². The summed E-state index contributed by atoms with van der Waals surface area (Å²) < 4.78 is 6.29. The maximum absolute atomic E-state index is 12.6. The lowest BCUT2D eigenvalue weighted by Gasteiger charge is -2.12. The molecule has 2 aromatic carbocycles. The van der Waals surface area contributed by atoms with E-state index in [9.17, 15) is 9.59 Å². The molecule has 1 aliphatic heterocycles. The third kappa shape index (κ3) is 4.06. The second kappa shape index (κ2) is 8.16. The fourth-order valence-electron chi connectivity index (χ4n) is 2.28. The first-order valence-electron chi connectivity index (χ1n) is 7.39. The Morgan fingerprint density at radius 3 is 2.62 bits per heavy atom. The molecule has 26 heavy (non-hydrogen) atoms. The van der Waals surface area contributed by atoms with Crippen LogP contribution in [0, 0.1) is 15.9 Å². The van der Waals surface area contributed by atoms with Crippen LogP contribution in [0.15, 0.2) is 47.4 Å². The van der Waals surface area contributed by atoms with E-state index in [0.29, 0.717) is 21.4 Å². The van der Waals surface area contributed by atoms with E-state index < -0.39 is 0 Å². The number of hydrogen-bond acceptors (Lipinski definition) is 4. The summed E-state index contributed by atoms with van der Waals surface area (Å²) in [6, 6.07) is 12.0. The number of benzene rings is 2. The molecule has 0 saturated carbocycles. The van der Waals surface area contributed by atoms with Crippen LogP contribution in [0.3, 0.4) is 0 Å². The van der Waals surface area contributed by atoms with Crippen molar-refractivity contribution in [3.05, 3.63) is 61.5 Å². The summed E-state index contributed by atoms with van der Waals surface area (Å²) in [6.45, 7) is 0.190. The summed E-state index contributed by atoms with van der Waals surface area (Å²) in [6.07, 6.45) is 6.88. The Hall–Kier alpha value is -1.95. The van der Waals surface area contributed by atoms with Gasteiger partial charge in [0, 0.05) is 5.02 Å². The van der Waals surface area contributed by atoms with Crippen molar-refractivity contribution in [2.75, 3.05) is 11.5 Å². The van der Waals surface area contributed by atoms with Crippen molar-refractivity contribution in [2.45, 2.75) is 0 Å². The molecule has 0 atom stereocenters. The minimum Gasteiger partial charge on any atom is -0.480 e. The maximum Gasteiger partial charge on any atom is 0.298 e. The van der Waals surface area contributed by atoms with Crippen LogP contribution >= 0.6 is 46.0 Å². The van der Waals surface area contributed by atoms with Crippen LogP contribution in [-0.2, 0) is 4.79 Å². The summed E-state index contributed by atoms with van der Waals surface area (Å²) >= 11 is 8.90. The van der Waals surface area contributed by atoms with Gasteiger partial charge in [-0.25, -0.2) is 4.90 Å². The van der Waals surface area contributed by atoms with Gasteiger partial charge in [-0.05, 0) is 82.4 Å². The summed E-state index contributed by atoms with van der Waals surface area (Å²) in [4.78, 5) is 26.4. The molecular formula is C19H11ClINO3S. The number of imide groups is 1. The molecule has 0 unspecified atom stereocenters. The Labute approximate surface area is 173 Å². The lowest BCUT2D eigenvalue weighted by atomic mass is 10.2. The van der Waals surface area contributed by atoms with Gasteiger partial charge in [0.1, 0.15) is 12.4 Å². The molecule has 2 aromatic rings. The van der Waals surface area contributed by atoms with Gasteiger partial charge in [0.05, 0.1) is 14.2 Å². The SMILES string of the molecule is C#CCOc1ccc(/C=C2/SC(=O)N(c3ccc(Cl)cc3)C2=O)cc1I. The van der Waals surface area contributed by atoms with Gasteiger partial charge in [-0.15, -0.1) is 6.42 Å². The maximum atomic E-state index is 12.6. The topological polar surface area (TPSA) is 46.6 Å². The summed E-state index contributed by atoms with van der Waals surface area (Å²) in [7, 11) is 0. The molecule has 7 heteroatoms. The van der Waals surface area contributed by atoms with Gasteiger partial charge >= 0.3 is 0 Å². The van der Waals surface area contributed by atoms with Gasteiger partial charge in [-0.2, -0.15) is 0 Å². The lowest BCUT2D eigenvalue weighted by Crippen LogP contribution is -2.27. The first-order chi connectivity index (χ1) is 12.5. The van der Waals surface area contributed by atoms with Crippen molar-refractivity contribution in [3.8, 4) is 18.1 Å². The molecule has 1 aliphatic rings. The predicted molar refractivity (Wildman–Crippen MR) is 113 cm³/mol. The number of rotatable bonds is 4. The molecule has 2 amide bonds. The highest BCUT2D eigenvalue weighted by molar-refractivity contribution is 14.1. The zero-order valence-electron chi connectivity index (χ0n) is 13.2. The van der Waals surface area contributed by atoms with E-state index in [4.69, 9.17) is 22.8 Å². The molecule has 0 spiro atoms. The number of halogens is 2. The Morgan fingerprint density at radius 2 is 1.96 bits per heavy atom. The van der Waals surface area contributed by atoms with Gasteiger partial charge < -0.3 is 4.74 Å². The summed E-state index contributed by atoms with van der Waals surface area (Å²) in [5, 5.41) is 0.199. The molecule has 0 bridgehead atoms. The number of anilines is 1. The first kappa shape index (κ1) is 18.8. The van der Waals surface area contributed by atoms with Gasteiger partial charge in [-0.1, -0.05) is 23.6 Å². The van der Waals surface area contributed by atoms with Crippen molar-refractivity contribution in [2.24, 2.45) is 0 Å². The number of hydrogen-bond donors (Lipinski definition) is 0. The van der Waals surface area contributed by atoms with Crippen molar-refractivity contribution >= 4 is 68.9 Å². The van der Waals surface area contributed by atoms with E-state index >= 15 is 0 Å². The number of amides is 2. The number of carbonyl (C=O) groups excluding carboxylic acids is 2. The largest absolute Gasteiger partial charge is 0.480 e. The number of carbonyl (C=O) groups is 2. The van der Waals surface area contributed by atoms with Gasteiger partial charge in [0.15, 0.2) is 0 Å². The smallest absolute Gasteiger partial charge is 0.298 e. The Kier molecular flexibility index (Phi) is 5.91. The Morgan fingerprint density at radius 1 is 1.23 bits per heavy atom. The van der Waals surface area contributed by atoms with Crippen LogP contribution in [0.1, 0.15) is 5.56 Å². The van der Waals surface area contributed by atoms with Crippen LogP contribution in [0.4, 0.5) is 10.5 Å². The highest BCUT2D eigenvalue weighted by Crippen LogP contribution is 2.36. The number of thioether (sulfide) groups is 1. The van der Waals surface area contributed by atoms with Gasteiger partial charge in [-0.3, -0.25) is 9.59 Å². The van der Waals surface area contributed by atoms with E-state index in [0.717, 1.165) is 25.8 Å². The number of terminal acetylenes is 1. The lowest BCUT2D eigenvalue weighted by molar-refractivity contribution is -0.113. The Balaban J connectivity index is 1.85. The minimum absolute atomic E-state index is 0.190. The van der Waals surface area contributed by atoms with Crippen LogP contribution in [-0.4, -0.2) is 17.8 Å². The highest BCUT2D eigenvalue weighted by Gasteiger charge is 2.36. The average Bonchev–Trinajstić information content (AvgIpc) is 2.89. The summed E-state index contributed by atoms with van der Waals surface area (Å²) in [5.41, 5.74) is 1.29. The van der Waals surface area contributed by atoms with Gasteiger partial charge in [0.25, 0.3) is 11.1 Å². The number of ether oxygens (including phenoxy) is 1. The highest BCUT2D eigenvalue weighted by atomic mass is 127. The van der Waals surface area contributed by atoms with Crippen molar-refractivity contribution in [1.29, 1.82) is 0 Å². The molecular weight excluding hydrogens is 485 g/mol. The normalized spacial score (nSPS) is 15.4. The van der Waals surface area contributed by atoms with Crippen molar-refractivity contribution < 1.29 is 14.3 Å². The zero-order valence-corrected chi connectivity index (χ0v) is 17.0. The van der Waals surface area contributed by atoms with Crippen molar-refractivity contribution in [3.63, 3.8) is 0 Å². The van der Waals surface area contributed by atoms with E-state index in [1.165, 1.54) is 0 Å². The summed E-state index contributed by atoms with van der Waals surface area (Å²) in [5.74, 6) is 2.73. The molecule has 1 fully saturated rings. The molecule has 0 N–H and O–H groups in total. The third-order valence-electron chi connectivity index (χ3n) is 3.44. The second-order valence-corrected chi connectivity index (χ2v) is 7.77. The molecule has 0 aliphatic carbocycles. The molecule has 1 heterocycles. The molecule has 3 rings (SSSR count). The Bertz CT molecular complexity index is 950. The fraction of sp³-hybridized carbons (Fsp3) is 0.0526. The first-order valence-corrected chi connectivity index (χ1v) is 9.66. The zero-order chi connectivity index (χ0) is 18.7. The fourth-order valence-corrected chi connectivity index (χ4v) is 3.94. The minimum atomic E-state index is -0.356. The third-order valence-corrected chi connectivity index (χ3v) is 5.41.